The summed E-state index contributed by atoms with van der Waals surface area (Å²) in [5.41, 5.74) is -0.130. The smallest absolute Gasteiger partial charge is 0.306 e. The molecule has 134 valence electrons. The minimum Gasteiger partial charge on any atom is -0.462 e. The van der Waals surface area contributed by atoms with Crippen LogP contribution in [0.15, 0.2) is 0 Å². The molecule has 5 nitrogen and oxygen atoms in total. The molecule has 1 saturated heterocycles. The first kappa shape index (κ1) is 20.1. The molecule has 0 bridgehead atoms. The number of likely N-dealkylation sites (tertiary alicyclic amines) is 1. The Morgan fingerprint density at radius 3 is 2.13 bits per heavy atom. The zero-order chi connectivity index (χ0) is 17.7. The number of piperidine rings is 1. The SMILES string of the molecule is CCC(=O)CCC(=O)OC1CC(C)(C)N(CCOC)C(C)(C)C1. The molecule has 0 radical (unpaired) electrons. The lowest BCUT2D eigenvalue weighted by atomic mass is 9.78. The van der Waals surface area contributed by atoms with Crippen LogP contribution in [0.4, 0.5) is 0 Å². The molecule has 0 saturated carbocycles. The molecule has 1 rings (SSSR count). The van der Waals surface area contributed by atoms with Crippen molar-refractivity contribution >= 4 is 11.8 Å². The summed E-state index contributed by atoms with van der Waals surface area (Å²) in [5, 5.41) is 0. The van der Waals surface area contributed by atoms with Crippen LogP contribution in [0.1, 0.15) is 66.7 Å². The van der Waals surface area contributed by atoms with E-state index in [1.54, 1.807) is 7.11 Å². The minimum absolute atomic E-state index is 0.0650. The Morgan fingerprint density at radius 1 is 1.09 bits per heavy atom. The van der Waals surface area contributed by atoms with Crippen LogP contribution in [-0.4, -0.2) is 54.1 Å². The van der Waals surface area contributed by atoms with Crippen LogP contribution < -0.4 is 0 Å². The number of nitrogens with zero attached hydrogens (tertiary/aromatic N) is 1. The molecule has 0 amide bonds. The number of hydrogen-bond acceptors (Lipinski definition) is 5. The average molecular weight is 327 g/mol. The van der Waals surface area contributed by atoms with Gasteiger partial charge in [-0.15, -0.1) is 0 Å². The van der Waals surface area contributed by atoms with Crippen LogP contribution >= 0.6 is 0 Å². The van der Waals surface area contributed by atoms with Gasteiger partial charge in [-0.05, 0) is 27.7 Å². The number of Topliss-reactive ketones (excluding diaryl/α,β-unsaturated/α-hetero) is 1. The summed E-state index contributed by atoms with van der Waals surface area (Å²) in [6.45, 7) is 12.1. The van der Waals surface area contributed by atoms with Crippen molar-refractivity contribution in [3.05, 3.63) is 0 Å². The number of hydrogen-bond donors (Lipinski definition) is 0. The number of ether oxygens (including phenoxy) is 2. The molecule has 0 aromatic carbocycles. The normalized spacial score (nSPS) is 21.1. The molecule has 1 aliphatic heterocycles. The van der Waals surface area contributed by atoms with Crippen LogP contribution in [0.2, 0.25) is 0 Å². The van der Waals surface area contributed by atoms with Gasteiger partial charge in [0.15, 0.2) is 0 Å². The van der Waals surface area contributed by atoms with Gasteiger partial charge in [-0.25, -0.2) is 0 Å². The second kappa shape index (κ2) is 8.25. The van der Waals surface area contributed by atoms with Crippen LogP contribution in [0.25, 0.3) is 0 Å². The van der Waals surface area contributed by atoms with Gasteiger partial charge in [-0.3, -0.25) is 14.5 Å². The van der Waals surface area contributed by atoms with Gasteiger partial charge in [-0.2, -0.15) is 0 Å². The molecule has 0 N–H and O–H groups in total. The summed E-state index contributed by atoms with van der Waals surface area (Å²) in [6.07, 6.45) is 2.46. The summed E-state index contributed by atoms with van der Waals surface area (Å²) >= 11 is 0. The second-order valence-corrected chi connectivity index (χ2v) is 7.68. The predicted molar refractivity (Wildman–Crippen MR) is 90.4 cm³/mol. The number of esters is 1. The monoisotopic (exact) mass is 327 g/mol. The lowest BCUT2D eigenvalue weighted by Crippen LogP contribution is -2.62. The molecule has 5 heteroatoms. The van der Waals surface area contributed by atoms with E-state index in [9.17, 15) is 9.59 Å². The van der Waals surface area contributed by atoms with Crippen molar-refractivity contribution < 1.29 is 19.1 Å². The summed E-state index contributed by atoms with van der Waals surface area (Å²) in [6, 6.07) is 0. The molecule has 0 aromatic heterocycles. The first-order valence-electron chi connectivity index (χ1n) is 8.60. The van der Waals surface area contributed by atoms with Gasteiger partial charge in [-0.1, -0.05) is 6.92 Å². The summed E-state index contributed by atoms with van der Waals surface area (Å²) in [4.78, 5) is 25.8. The third-order valence-corrected chi connectivity index (χ3v) is 4.74. The molecule has 0 unspecified atom stereocenters. The summed E-state index contributed by atoms with van der Waals surface area (Å²) in [5.74, 6) is -0.147. The van der Waals surface area contributed by atoms with E-state index in [1.807, 2.05) is 6.92 Å². The summed E-state index contributed by atoms with van der Waals surface area (Å²) in [7, 11) is 1.71. The van der Waals surface area contributed by atoms with Crippen LogP contribution in [0, 0.1) is 0 Å². The number of carbonyl (C=O) groups excluding carboxylic acids is 2. The van der Waals surface area contributed by atoms with Gasteiger partial charge < -0.3 is 9.47 Å². The van der Waals surface area contributed by atoms with Gasteiger partial charge in [0.05, 0.1) is 13.0 Å². The Balaban J connectivity index is 2.64. The lowest BCUT2D eigenvalue weighted by molar-refractivity contribution is -0.161. The van der Waals surface area contributed by atoms with E-state index < -0.39 is 0 Å². The highest BCUT2D eigenvalue weighted by atomic mass is 16.5. The first-order chi connectivity index (χ1) is 10.6. The lowest BCUT2D eigenvalue weighted by Gasteiger charge is -2.54. The second-order valence-electron chi connectivity index (χ2n) is 7.68. The fourth-order valence-electron chi connectivity index (χ4n) is 3.76. The fourth-order valence-corrected chi connectivity index (χ4v) is 3.76. The maximum atomic E-state index is 12.0. The first-order valence-corrected chi connectivity index (χ1v) is 8.60. The molecular weight excluding hydrogens is 294 g/mol. The van der Waals surface area contributed by atoms with Crippen molar-refractivity contribution in [1.29, 1.82) is 0 Å². The standard InChI is InChI=1S/C18H33NO4/c1-7-14(20)8-9-16(21)23-15-12-17(2,3)19(10-11-22-6)18(4,5)13-15/h15H,7-13H2,1-6H3. The Bertz CT molecular complexity index is 399. The van der Waals surface area contributed by atoms with Crippen LogP contribution in [0.5, 0.6) is 0 Å². The van der Waals surface area contributed by atoms with E-state index in [2.05, 4.69) is 32.6 Å². The van der Waals surface area contributed by atoms with Gasteiger partial charge in [0.2, 0.25) is 0 Å². The maximum Gasteiger partial charge on any atom is 0.306 e. The highest BCUT2D eigenvalue weighted by Gasteiger charge is 2.46. The number of rotatable bonds is 8. The Kier molecular flexibility index (Phi) is 7.21. The molecule has 23 heavy (non-hydrogen) atoms. The quantitative estimate of drug-likeness (QED) is 0.642. The molecule has 0 spiro atoms. The maximum absolute atomic E-state index is 12.0. The number of methoxy groups -OCH3 is 1. The van der Waals surface area contributed by atoms with Crippen molar-refractivity contribution in [2.24, 2.45) is 0 Å². The van der Waals surface area contributed by atoms with E-state index in [0.717, 1.165) is 19.4 Å². The third kappa shape index (κ3) is 5.88. The minimum atomic E-state index is -0.256. The van der Waals surface area contributed by atoms with E-state index in [4.69, 9.17) is 9.47 Å². The molecule has 0 atom stereocenters. The molecule has 1 heterocycles. The number of ketones is 1. The molecule has 1 aliphatic rings. The van der Waals surface area contributed by atoms with Crippen molar-refractivity contribution in [1.82, 2.24) is 4.90 Å². The highest BCUT2D eigenvalue weighted by molar-refractivity contribution is 5.82. The topological polar surface area (TPSA) is 55.8 Å². The van der Waals surface area contributed by atoms with E-state index in [1.165, 1.54) is 0 Å². The molecular formula is C18H33NO4. The van der Waals surface area contributed by atoms with Crippen LogP contribution in [0.3, 0.4) is 0 Å². The fraction of sp³-hybridized carbons (Fsp3) is 0.889. The van der Waals surface area contributed by atoms with E-state index in [0.29, 0.717) is 13.0 Å². The van der Waals surface area contributed by atoms with Crippen LogP contribution in [-0.2, 0) is 19.1 Å². The van der Waals surface area contributed by atoms with Gasteiger partial charge in [0.25, 0.3) is 0 Å². The Hall–Kier alpha value is -0.940. The van der Waals surface area contributed by atoms with E-state index >= 15 is 0 Å². The number of carbonyl (C=O) groups is 2. The van der Waals surface area contributed by atoms with Gasteiger partial charge >= 0.3 is 5.97 Å². The predicted octanol–water partition coefficient (Wildman–Crippen LogP) is 2.96. The van der Waals surface area contributed by atoms with Gasteiger partial charge in [0.1, 0.15) is 11.9 Å². The zero-order valence-corrected chi connectivity index (χ0v) is 15.6. The van der Waals surface area contributed by atoms with E-state index in [-0.39, 0.29) is 41.8 Å². The molecule has 1 fully saturated rings. The van der Waals surface area contributed by atoms with Crippen molar-refractivity contribution in [2.45, 2.75) is 83.9 Å². The molecule has 0 aliphatic carbocycles. The highest BCUT2D eigenvalue weighted by Crippen LogP contribution is 2.39. The molecule has 0 aromatic rings. The van der Waals surface area contributed by atoms with Gasteiger partial charge in [0, 0.05) is 50.4 Å². The van der Waals surface area contributed by atoms with Crippen molar-refractivity contribution in [3.8, 4) is 0 Å². The van der Waals surface area contributed by atoms with Crippen molar-refractivity contribution in [2.75, 3.05) is 20.3 Å². The summed E-state index contributed by atoms with van der Waals surface area (Å²) < 4.78 is 10.9. The largest absolute Gasteiger partial charge is 0.462 e. The zero-order valence-electron chi connectivity index (χ0n) is 15.6. The average Bonchev–Trinajstić information content (AvgIpc) is 2.42. The Labute approximate surface area is 140 Å². The van der Waals surface area contributed by atoms with Crippen molar-refractivity contribution in [3.63, 3.8) is 0 Å². The Morgan fingerprint density at radius 2 is 1.65 bits per heavy atom. The third-order valence-electron chi connectivity index (χ3n) is 4.74.